The summed E-state index contributed by atoms with van der Waals surface area (Å²) in [7, 11) is -2.86. The molecule has 0 bridgehead atoms. The van der Waals surface area contributed by atoms with Crippen molar-refractivity contribution < 1.29 is 84.2 Å². The molecule has 0 aliphatic rings. The Bertz CT molecular complexity index is 201. The maximum Gasteiger partial charge on any atom is 1.00 e. The smallest absolute Gasteiger partial charge is 0.481 e. The Balaban J connectivity index is -0.000000173. The number of rotatable bonds is 3. The molecule has 72 valence electrons. The number of hydrogen-bond acceptors (Lipinski definition) is 5. The molecule has 13 heavy (non-hydrogen) atoms. The molecule has 0 rings (SSSR count). The summed E-state index contributed by atoms with van der Waals surface area (Å²) in [4.78, 5) is 19.3. The van der Waals surface area contributed by atoms with Gasteiger partial charge in [-0.1, -0.05) is 0 Å². The van der Waals surface area contributed by atoms with Crippen molar-refractivity contribution in [1.82, 2.24) is 0 Å². The van der Waals surface area contributed by atoms with Gasteiger partial charge in [0, 0.05) is 11.0 Å². The molecule has 0 aromatic rings. The van der Waals surface area contributed by atoms with E-state index >= 15 is 0 Å². The molecular weight excluding hydrogens is 231 g/mol. The summed E-state index contributed by atoms with van der Waals surface area (Å²) < 4.78 is 24.1. The Kier molecular flexibility index (Phi) is 18.4. The van der Waals surface area contributed by atoms with E-state index in [-0.39, 0.29) is 64.2 Å². The van der Waals surface area contributed by atoms with Crippen LogP contribution in [0.4, 0.5) is 0 Å². The molecule has 0 aromatic carbocycles. The van der Waals surface area contributed by atoms with E-state index in [0.717, 1.165) is 0 Å². The van der Waals surface area contributed by atoms with E-state index in [1.165, 1.54) is 0 Å². The van der Waals surface area contributed by atoms with Gasteiger partial charge in [-0.15, -0.1) is 0 Å². The molecule has 0 aliphatic heterocycles. The first-order valence-corrected chi connectivity index (χ1v) is 3.61. The van der Waals surface area contributed by atoms with Gasteiger partial charge in [0.25, 0.3) is 0 Å². The van der Waals surface area contributed by atoms with Crippen LogP contribution in [0.5, 0.6) is 0 Å². The quantitative estimate of drug-likeness (QED) is 0.203. The van der Waals surface area contributed by atoms with Crippen LogP contribution in [0.2, 0.25) is 0 Å². The van der Waals surface area contributed by atoms with Crippen LogP contribution in [-0.2, 0) is 29.0 Å². The predicted octanol–water partition coefficient (Wildman–Crippen LogP) is -3.29. The van der Waals surface area contributed by atoms with Crippen molar-refractivity contribution in [3.63, 3.8) is 0 Å². The van der Waals surface area contributed by atoms with Crippen LogP contribution >= 0.6 is 0 Å². The first-order chi connectivity index (χ1) is 5.36. The minimum Gasteiger partial charge on any atom is -0.481 e. The Hall–Kier alpha value is 0.486. The van der Waals surface area contributed by atoms with Crippen LogP contribution in [0.1, 0.15) is 12.8 Å². The van der Waals surface area contributed by atoms with Gasteiger partial charge >= 0.3 is 63.3 Å². The second kappa shape index (κ2) is 12.5. The van der Waals surface area contributed by atoms with Gasteiger partial charge in [0.1, 0.15) is 0 Å². The molecule has 9 heteroatoms. The molecule has 0 atom stereocenters. The van der Waals surface area contributed by atoms with Gasteiger partial charge in [0.15, 0.2) is 0 Å². The fraction of sp³-hybridized carbons (Fsp3) is 0.500. The first-order valence-electron chi connectivity index (χ1n) is 2.58. The first kappa shape index (κ1) is 19.1. The third kappa shape index (κ3) is 45.6. The summed E-state index contributed by atoms with van der Waals surface area (Å²) in [6, 6.07) is 0. The topological polar surface area (TPSA) is 129 Å². The van der Waals surface area contributed by atoms with Crippen molar-refractivity contribution in [1.29, 1.82) is 0 Å². The summed E-state index contributed by atoms with van der Waals surface area (Å²) in [5, 5.41) is 15.8. The Morgan fingerprint density at radius 2 is 1.15 bits per heavy atom. The monoisotopic (exact) mass is 238 g/mol. The third-order valence-electron chi connectivity index (χ3n) is 0.553. The van der Waals surface area contributed by atoms with E-state index in [2.05, 4.69) is 0 Å². The molecule has 0 saturated carbocycles. The molecule has 0 aromatic heterocycles. The standard InChI is InChI=1S/C4H6O4.K.HO3S/c5-3(6)1-2-4(7)8;;1-4(2)3/h1-2H2,(H,5,6)(H,7,8);;(H,1,2,3)/q;+1;-1. The van der Waals surface area contributed by atoms with Crippen LogP contribution < -0.4 is 51.4 Å². The van der Waals surface area contributed by atoms with Crippen LogP contribution in [0.25, 0.3) is 0 Å². The average Bonchev–Trinajstić information content (AvgIpc) is 1.82. The number of carbonyl (C=O) groups is 2. The van der Waals surface area contributed by atoms with Gasteiger partial charge in [-0.2, -0.15) is 0 Å². The van der Waals surface area contributed by atoms with E-state index in [9.17, 15) is 9.59 Å². The molecule has 0 heterocycles. The second-order valence-corrected chi connectivity index (χ2v) is 1.94. The van der Waals surface area contributed by atoms with Gasteiger partial charge in [0.05, 0.1) is 12.8 Å². The zero-order valence-corrected chi connectivity index (χ0v) is 10.7. The summed E-state index contributed by atoms with van der Waals surface area (Å²) >= 11 is 0. The summed E-state index contributed by atoms with van der Waals surface area (Å²) in [6.45, 7) is 0. The molecule has 0 unspecified atom stereocenters. The van der Waals surface area contributed by atoms with Crippen LogP contribution in [0.3, 0.4) is 0 Å². The van der Waals surface area contributed by atoms with Crippen LogP contribution in [-0.4, -0.2) is 26.7 Å². The van der Waals surface area contributed by atoms with Crippen LogP contribution in [0, 0.1) is 0 Å². The van der Waals surface area contributed by atoms with Crippen molar-refractivity contribution in [2.75, 3.05) is 0 Å². The molecule has 0 spiro atoms. The van der Waals surface area contributed by atoms with Crippen molar-refractivity contribution in [2.45, 2.75) is 12.8 Å². The van der Waals surface area contributed by atoms with Crippen molar-refractivity contribution in [2.24, 2.45) is 0 Å². The fourth-order valence-electron chi connectivity index (χ4n) is 0.214. The predicted molar refractivity (Wildman–Crippen MR) is 35.9 cm³/mol. The Morgan fingerprint density at radius 3 is 1.23 bits per heavy atom. The van der Waals surface area contributed by atoms with Gasteiger partial charge in [-0.25, -0.2) is 0 Å². The van der Waals surface area contributed by atoms with Gasteiger partial charge in [0.2, 0.25) is 0 Å². The minimum atomic E-state index is -2.86. The summed E-state index contributed by atoms with van der Waals surface area (Å²) in [6.07, 6.45) is -0.593. The van der Waals surface area contributed by atoms with Crippen molar-refractivity contribution in [3.8, 4) is 0 Å². The van der Waals surface area contributed by atoms with Crippen molar-refractivity contribution in [3.05, 3.63) is 0 Å². The maximum absolute atomic E-state index is 9.64. The van der Waals surface area contributed by atoms with Gasteiger partial charge in [-0.3, -0.25) is 9.59 Å². The van der Waals surface area contributed by atoms with E-state index in [0.29, 0.717) is 0 Å². The Morgan fingerprint density at radius 1 is 1.00 bits per heavy atom. The molecule has 7 nitrogen and oxygen atoms in total. The zero-order chi connectivity index (χ0) is 10.1. The fourth-order valence-corrected chi connectivity index (χ4v) is 0.214. The molecular formula is C4H7KO7S. The second-order valence-electron chi connectivity index (χ2n) is 1.50. The number of aliphatic carboxylic acids is 2. The maximum atomic E-state index is 9.64. The van der Waals surface area contributed by atoms with E-state index in [4.69, 9.17) is 23.2 Å². The normalized spacial score (nSPS) is 7.85. The third-order valence-corrected chi connectivity index (χ3v) is 0.553. The Labute approximate surface area is 118 Å². The largest absolute Gasteiger partial charge is 1.00 e. The summed E-state index contributed by atoms with van der Waals surface area (Å²) in [5.74, 6) is -2.15. The molecule has 0 saturated heterocycles. The van der Waals surface area contributed by atoms with E-state index in [1.54, 1.807) is 0 Å². The molecule has 0 amide bonds. The molecule has 3 N–H and O–H groups in total. The minimum absolute atomic E-state index is 0. The van der Waals surface area contributed by atoms with Gasteiger partial charge < -0.3 is 23.2 Å². The van der Waals surface area contributed by atoms with E-state index in [1.807, 2.05) is 0 Å². The molecule has 0 radical (unpaired) electrons. The van der Waals surface area contributed by atoms with Crippen LogP contribution in [0.15, 0.2) is 0 Å². The number of carboxylic acid groups (broad SMARTS) is 2. The molecule has 0 aliphatic carbocycles. The van der Waals surface area contributed by atoms with E-state index < -0.39 is 22.9 Å². The van der Waals surface area contributed by atoms with Crippen molar-refractivity contribution >= 4 is 22.9 Å². The number of carboxylic acids is 2. The molecule has 0 fully saturated rings. The summed E-state index contributed by atoms with van der Waals surface area (Å²) in [5.41, 5.74) is 0. The SMILES string of the molecule is O=C(O)CCC(=O)O.O=[S-](=O)O.[K+]. The number of hydrogen-bond donors (Lipinski definition) is 3. The zero-order valence-electron chi connectivity index (χ0n) is 6.80. The average molecular weight is 238 g/mol. The van der Waals surface area contributed by atoms with Gasteiger partial charge in [-0.05, 0) is 0 Å².